The summed E-state index contributed by atoms with van der Waals surface area (Å²) >= 11 is 0. The van der Waals surface area contributed by atoms with Crippen LogP contribution in [-0.2, 0) is 6.67 Å². The quantitative estimate of drug-likeness (QED) is 0.472. The van der Waals surface area contributed by atoms with Crippen LogP contribution in [0.5, 0.6) is 5.75 Å². The maximum absolute atomic E-state index is 12.3. The van der Waals surface area contributed by atoms with Crippen LogP contribution in [0.25, 0.3) is 0 Å². The third-order valence-corrected chi connectivity index (χ3v) is 1.79. The number of hydrogen-bond acceptors (Lipinski definition) is 4. The van der Waals surface area contributed by atoms with Crippen LogP contribution >= 0.6 is 0 Å². The fourth-order valence-electron chi connectivity index (χ4n) is 1.10. The van der Waals surface area contributed by atoms with Gasteiger partial charge >= 0.3 is 12.2 Å². The van der Waals surface area contributed by atoms with Crippen molar-refractivity contribution in [3.05, 3.63) is 27.4 Å². The van der Waals surface area contributed by atoms with Crippen molar-refractivity contribution < 1.29 is 27.2 Å². The Balaban J connectivity index is 3.29. The third-order valence-electron chi connectivity index (χ3n) is 1.79. The Morgan fingerprint density at radius 2 is 2.12 bits per heavy atom. The van der Waals surface area contributed by atoms with Gasteiger partial charge in [0, 0.05) is 6.07 Å². The van der Waals surface area contributed by atoms with Crippen LogP contribution in [0.3, 0.4) is 0 Å². The fourth-order valence-corrected chi connectivity index (χ4v) is 1.10. The summed E-state index contributed by atoms with van der Waals surface area (Å²) in [7, 11) is 0. The lowest BCUT2D eigenvalue weighted by molar-refractivity contribution is -0.390. The molecule has 0 atom stereocenters. The first-order valence-corrected chi connectivity index (χ1v) is 4.21. The molecule has 0 N–H and O–H groups in total. The molecule has 1 aromatic rings. The minimum atomic E-state index is -5.01. The molecule has 1 aromatic heterocycles. The van der Waals surface area contributed by atoms with Crippen LogP contribution in [-0.4, -0.2) is 16.3 Å². The maximum atomic E-state index is 12.3. The number of halogens is 4. The lowest BCUT2D eigenvalue weighted by Crippen LogP contribution is -2.18. The van der Waals surface area contributed by atoms with Crippen molar-refractivity contribution in [3.63, 3.8) is 0 Å². The predicted octanol–water partition coefficient (Wildman–Crippen LogP) is 2.67. The minimum absolute atomic E-state index is 0.412. The summed E-state index contributed by atoms with van der Waals surface area (Å²) < 4.78 is 51.8. The highest BCUT2D eigenvalue weighted by Crippen LogP contribution is 2.31. The molecule has 0 aromatic carbocycles. The van der Waals surface area contributed by atoms with Crippen LogP contribution in [0.1, 0.15) is 11.3 Å². The van der Waals surface area contributed by atoms with Crippen molar-refractivity contribution in [1.82, 2.24) is 4.98 Å². The first kappa shape index (κ1) is 13.1. The zero-order chi connectivity index (χ0) is 13.2. The van der Waals surface area contributed by atoms with E-state index in [-0.39, 0.29) is 0 Å². The van der Waals surface area contributed by atoms with Crippen molar-refractivity contribution in [2.75, 3.05) is 0 Å². The minimum Gasteiger partial charge on any atom is -0.405 e. The summed E-state index contributed by atoms with van der Waals surface area (Å²) in [6.07, 6.45) is -5.01. The van der Waals surface area contributed by atoms with Gasteiger partial charge in [-0.3, -0.25) is 0 Å². The van der Waals surface area contributed by atoms with E-state index in [1.54, 1.807) is 0 Å². The second-order valence-electron chi connectivity index (χ2n) is 3.00. The summed E-state index contributed by atoms with van der Waals surface area (Å²) in [5.41, 5.74) is -0.911. The number of ether oxygens (including phenoxy) is 1. The monoisotopic (exact) mass is 254 g/mol. The largest absolute Gasteiger partial charge is 0.573 e. The Bertz CT molecular complexity index is 447. The number of pyridine rings is 1. The second-order valence-corrected chi connectivity index (χ2v) is 3.00. The standard InChI is InChI=1S/C8H6F4N2O3/c1-4-6(17-8(10,11)12)2-5(3-9)13-7(4)14(15)16/h2H,3H2,1H3. The molecule has 9 heteroatoms. The lowest BCUT2D eigenvalue weighted by Gasteiger charge is -2.11. The molecule has 0 amide bonds. The van der Waals surface area contributed by atoms with Gasteiger partial charge in [-0.05, 0) is 16.8 Å². The maximum Gasteiger partial charge on any atom is 0.573 e. The number of hydrogen-bond donors (Lipinski definition) is 0. The summed E-state index contributed by atoms with van der Waals surface area (Å²) in [5, 5.41) is 10.5. The van der Waals surface area contributed by atoms with E-state index in [1.807, 2.05) is 0 Å². The van der Waals surface area contributed by atoms with Gasteiger partial charge in [0.05, 0.1) is 5.56 Å². The SMILES string of the molecule is Cc1c(OC(F)(F)F)cc(CF)nc1[N+](=O)[O-]. The van der Waals surface area contributed by atoms with Crippen molar-refractivity contribution >= 4 is 5.82 Å². The molecule has 0 aliphatic heterocycles. The molecule has 0 bridgehead atoms. The van der Waals surface area contributed by atoms with Crippen molar-refractivity contribution in [2.24, 2.45) is 0 Å². The number of alkyl halides is 4. The Morgan fingerprint density at radius 3 is 2.53 bits per heavy atom. The lowest BCUT2D eigenvalue weighted by atomic mass is 10.2. The van der Waals surface area contributed by atoms with E-state index < -0.39 is 40.8 Å². The van der Waals surface area contributed by atoms with E-state index in [0.29, 0.717) is 6.07 Å². The van der Waals surface area contributed by atoms with Gasteiger partial charge in [-0.2, -0.15) is 0 Å². The van der Waals surface area contributed by atoms with E-state index in [4.69, 9.17) is 0 Å². The Morgan fingerprint density at radius 1 is 1.53 bits per heavy atom. The zero-order valence-electron chi connectivity index (χ0n) is 8.42. The molecule has 94 valence electrons. The molecule has 0 saturated heterocycles. The van der Waals surface area contributed by atoms with Crippen LogP contribution < -0.4 is 4.74 Å². The number of rotatable bonds is 3. The third kappa shape index (κ3) is 3.26. The Labute approximate surface area is 92.2 Å². The van der Waals surface area contributed by atoms with Gasteiger partial charge in [-0.15, -0.1) is 13.2 Å². The first-order valence-electron chi connectivity index (χ1n) is 4.21. The van der Waals surface area contributed by atoms with E-state index in [1.165, 1.54) is 0 Å². The summed E-state index contributed by atoms with van der Waals surface area (Å²) in [5.74, 6) is -1.69. The average molecular weight is 254 g/mol. The fraction of sp³-hybridized carbons (Fsp3) is 0.375. The Hall–Kier alpha value is -1.93. The number of nitrogens with zero attached hydrogens (tertiary/aromatic N) is 2. The highest BCUT2D eigenvalue weighted by atomic mass is 19.4. The van der Waals surface area contributed by atoms with E-state index in [2.05, 4.69) is 9.72 Å². The van der Waals surface area contributed by atoms with Gasteiger partial charge < -0.3 is 14.9 Å². The number of aromatic nitrogens is 1. The molecular weight excluding hydrogens is 248 g/mol. The highest BCUT2D eigenvalue weighted by Gasteiger charge is 2.34. The number of nitro groups is 1. The van der Waals surface area contributed by atoms with Crippen molar-refractivity contribution in [2.45, 2.75) is 20.0 Å². The summed E-state index contributed by atoms with van der Waals surface area (Å²) in [6.45, 7) is -0.191. The molecule has 0 unspecified atom stereocenters. The van der Waals surface area contributed by atoms with Crippen molar-refractivity contribution in [3.8, 4) is 5.75 Å². The topological polar surface area (TPSA) is 65.3 Å². The average Bonchev–Trinajstić information content (AvgIpc) is 2.18. The van der Waals surface area contributed by atoms with Crippen LogP contribution in [0, 0.1) is 17.0 Å². The van der Waals surface area contributed by atoms with Crippen molar-refractivity contribution in [1.29, 1.82) is 0 Å². The van der Waals surface area contributed by atoms with Crippen LogP contribution in [0.2, 0.25) is 0 Å². The summed E-state index contributed by atoms with van der Waals surface area (Å²) in [4.78, 5) is 12.7. The molecule has 0 fully saturated rings. The van der Waals surface area contributed by atoms with Gasteiger partial charge in [0.2, 0.25) is 0 Å². The smallest absolute Gasteiger partial charge is 0.405 e. The summed E-state index contributed by atoms with van der Waals surface area (Å²) in [6, 6.07) is 0.676. The zero-order valence-corrected chi connectivity index (χ0v) is 8.42. The van der Waals surface area contributed by atoms with E-state index in [9.17, 15) is 27.7 Å². The molecule has 5 nitrogen and oxygen atoms in total. The van der Waals surface area contributed by atoms with Crippen LogP contribution in [0.4, 0.5) is 23.4 Å². The molecule has 0 spiro atoms. The highest BCUT2D eigenvalue weighted by molar-refractivity contribution is 5.44. The van der Waals surface area contributed by atoms with Gasteiger partial charge in [0.25, 0.3) is 0 Å². The van der Waals surface area contributed by atoms with E-state index in [0.717, 1.165) is 6.92 Å². The molecule has 0 aliphatic rings. The molecule has 0 saturated carbocycles. The predicted molar refractivity (Wildman–Crippen MR) is 47.1 cm³/mol. The molecule has 0 radical (unpaired) electrons. The van der Waals surface area contributed by atoms with Gasteiger partial charge in [-0.25, -0.2) is 4.39 Å². The molecule has 1 heterocycles. The first-order chi connectivity index (χ1) is 7.74. The molecule has 0 aliphatic carbocycles. The second kappa shape index (κ2) is 4.52. The molecular formula is C8H6F4N2O3. The Kier molecular flexibility index (Phi) is 3.49. The van der Waals surface area contributed by atoms with Gasteiger partial charge in [0.1, 0.15) is 5.75 Å². The van der Waals surface area contributed by atoms with E-state index >= 15 is 0 Å². The normalized spacial score (nSPS) is 11.4. The van der Waals surface area contributed by atoms with Gasteiger partial charge in [-0.1, -0.05) is 0 Å². The molecule has 17 heavy (non-hydrogen) atoms. The van der Waals surface area contributed by atoms with Gasteiger partial charge in [0.15, 0.2) is 12.4 Å². The van der Waals surface area contributed by atoms with Crippen LogP contribution in [0.15, 0.2) is 6.07 Å². The molecule has 1 rings (SSSR count).